The van der Waals surface area contributed by atoms with Gasteiger partial charge in [-0.05, 0) is 37.0 Å². The molecule has 0 saturated carbocycles. The second-order valence-corrected chi connectivity index (χ2v) is 6.41. The van der Waals surface area contributed by atoms with Gasteiger partial charge in [-0.2, -0.15) is 0 Å². The number of hydrogen-bond acceptors (Lipinski definition) is 1. The summed E-state index contributed by atoms with van der Waals surface area (Å²) in [6, 6.07) is 6.16. The molecule has 0 saturated heterocycles. The fourth-order valence-electron chi connectivity index (χ4n) is 2.53. The first kappa shape index (κ1) is 18.2. The van der Waals surface area contributed by atoms with Gasteiger partial charge in [0.2, 0.25) is 0 Å². The van der Waals surface area contributed by atoms with Crippen molar-refractivity contribution in [3.05, 3.63) is 71.3 Å². The van der Waals surface area contributed by atoms with Crippen LogP contribution in [0.2, 0.25) is 0 Å². The summed E-state index contributed by atoms with van der Waals surface area (Å²) in [5.74, 6) is 1.26. The van der Waals surface area contributed by atoms with Crippen molar-refractivity contribution in [3.8, 4) is 0 Å². The van der Waals surface area contributed by atoms with Crippen LogP contribution in [0.1, 0.15) is 61.5 Å². The highest BCUT2D eigenvalue weighted by molar-refractivity contribution is 6.02. The average Bonchev–Trinajstić information content (AvgIpc) is 2.75. The Balaban J connectivity index is 0.000000541. The normalized spacial score (nSPS) is 17.5. The molecule has 0 fully saturated rings. The number of fused-ring (bicyclic) bond motifs is 1. The number of carbonyl (C=O) groups is 1. The molecule has 1 aliphatic carbocycles. The smallest absolute Gasteiger partial charge is 0.164 e. The molecule has 22 heavy (non-hydrogen) atoms. The summed E-state index contributed by atoms with van der Waals surface area (Å²) in [7, 11) is 0. The van der Waals surface area contributed by atoms with Crippen molar-refractivity contribution in [1.82, 2.24) is 0 Å². The summed E-state index contributed by atoms with van der Waals surface area (Å²) < 4.78 is 0. The van der Waals surface area contributed by atoms with Crippen molar-refractivity contribution in [2.75, 3.05) is 0 Å². The van der Waals surface area contributed by atoms with E-state index >= 15 is 0 Å². The average molecular weight is 296 g/mol. The maximum absolute atomic E-state index is 12.1. The lowest BCUT2D eigenvalue weighted by Gasteiger charge is -2.12. The zero-order valence-corrected chi connectivity index (χ0v) is 14.5. The highest BCUT2D eigenvalue weighted by Crippen LogP contribution is 2.39. The highest BCUT2D eigenvalue weighted by Gasteiger charge is 2.30. The number of allylic oxidation sites excluding steroid dienone is 5. The number of Topliss-reactive ketones (excluding diaryl/α,β-unsaturated/α-hetero) is 1. The van der Waals surface area contributed by atoms with Gasteiger partial charge in [-0.15, -0.1) is 0 Å². The first-order chi connectivity index (χ1) is 10.4. The van der Waals surface area contributed by atoms with Crippen molar-refractivity contribution < 1.29 is 4.79 Å². The Kier molecular flexibility index (Phi) is 7.04. The van der Waals surface area contributed by atoms with Gasteiger partial charge >= 0.3 is 0 Å². The molecule has 1 aliphatic rings. The SMILES string of the molecule is C=C/C=C(\C=C/C)C1CC(=O)c2cc(C)ccc21.CC(C)C. The van der Waals surface area contributed by atoms with E-state index in [-0.39, 0.29) is 11.7 Å². The van der Waals surface area contributed by atoms with Crippen molar-refractivity contribution in [3.63, 3.8) is 0 Å². The fraction of sp³-hybridized carbons (Fsp3) is 0.381. The van der Waals surface area contributed by atoms with Crippen LogP contribution >= 0.6 is 0 Å². The quantitative estimate of drug-likeness (QED) is 0.624. The Morgan fingerprint density at radius 1 is 1.32 bits per heavy atom. The highest BCUT2D eigenvalue weighted by atomic mass is 16.1. The molecule has 2 rings (SSSR count). The van der Waals surface area contributed by atoms with E-state index in [1.54, 1.807) is 6.08 Å². The Hall–Kier alpha value is -1.89. The third-order valence-electron chi connectivity index (χ3n) is 3.35. The molecule has 0 spiro atoms. The van der Waals surface area contributed by atoms with E-state index in [1.165, 1.54) is 0 Å². The van der Waals surface area contributed by atoms with Crippen LogP contribution < -0.4 is 0 Å². The van der Waals surface area contributed by atoms with E-state index in [4.69, 9.17) is 0 Å². The van der Waals surface area contributed by atoms with Crippen LogP contribution in [0.4, 0.5) is 0 Å². The summed E-state index contributed by atoms with van der Waals surface area (Å²) in [4.78, 5) is 12.1. The lowest BCUT2D eigenvalue weighted by molar-refractivity contribution is 0.0991. The first-order valence-corrected chi connectivity index (χ1v) is 7.99. The number of aryl methyl sites for hydroxylation is 1. The molecule has 0 amide bonds. The number of carbonyl (C=O) groups excluding carboxylic acids is 1. The lowest BCUT2D eigenvalue weighted by atomic mass is 9.91. The van der Waals surface area contributed by atoms with Gasteiger partial charge in [0.15, 0.2) is 5.78 Å². The summed E-state index contributed by atoms with van der Waals surface area (Å²) in [5.41, 5.74) is 4.34. The van der Waals surface area contributed by atoms with Gasteiger partial charge in [0.05, 0.1) is 0 Å². The predicted octanol–water partition coefficient (Wildman–Crippen LogP) is 6.02. The molecular weight excluding hydrogens is 268 g/mol. The Morgan fingerprint density at radius 2 is 1.95 bits per heavy atom. The standard InChI is InChI=1S/C17H18O.C4H10/c1-4-6-13(7-5-2)15-11-17(18)16-10-12(3)8-9-14(15)16;1-4(2)3/h4-10,15H,1,11H2,2-3H3;4H,1-3H3/b7-5-,13-6+;. The summed E-state index contributed by atoms with van der Waals surface area (Å²) in [6.45, 7) is 14.3. The Bertz CT molecular complexity index is 585. The third-order valence-corrected chi connectivity index (χ3v) is 3.35. The van der Waals surface area contributed by atoms with E-state index in [0.717, 1.165) is 28.2 Å². The monoisotopic (exact) mass is 296 g/mol. The van der Waals surface area contributed by atoms with Crippen molar-refractivity contribution in [2.24, 2.45) is 5.92 Å². The molecule has 0 aliphatic heterocycles. The van der Waals surface area contributed by atoms with E-state index in [1.807, 2.05) is 32.1 Å². The fourth-order valence-corrected chi connectivity index (χ4v) is 2.53. The largest absolute Gasteiger partial charge is 0.294 e. The second-order valence-electron chi connectivity index (χ2n) is 6.41. The summed E-state index contributed by atoms with van der Waals surface area (Å²) in [6.07, 6.45) is 8.42. The molecule has 0 aromatic heterocycles. The maximum atomic E-state index is 12.1. The van der Waals surface area contributed by atoms with Crippen LogP contribution in [0.3, 0.4) is 0 Å². The predicted molar refractivity (Wildman–Crippen MR) is 96.5 cm³/mol. The molecule has 0 N–H and O–H groups in total. The summed E-state index contributed by atoms with van der Waals surface area (Å²) >= 11 is 0. The van der Waals surface area contributed by atoms with E-state index in [2.05, 4.69) is 45.6 Å². The molecule has 0 bridgehead atoms. The Labute approximate surface area is 135 Å². The second kappa shape index (κ2) is 8.53. The molecule has 1 unspecified atom stereocenters. The van der Waals surface area contributed by atoms with Crippen LogP contribution in [0.5, 0.6) is 0 Å². The van der Waals surface area contributed by atoms with Crippen molar-refractivity contribution >= 4 is 5.78 Å². The van der Waals surface area contributed by atoms with Gasteiger partial charge in [0, 0.05) is 17.9 Å². The topological polar surface area (TPSA) is 17.1 Å². The molecule has 1 aromatic rings. The van der Waals surface area contributed by atoms with Gasteiger partial charge in [-0.25, -0.2) is 0 Å². The van der Waals surface area contributed by atoms with Crippen molar-refractivity contribution in [1.29, 1.82) is 0 Å². The number of ketones is 1. The van der Waals surface area contributed by atoms with E-state index in [0.29, 0.717) is 6.42 Å². The molecule has 1 aromatic carbocycles. The zero-order valence-electron chi connectivity index (χ0n) is 14.5. The minimum atomic E-state index is 0.183. The van der Waals surface area contributed by atoms with Crippen LogP contribution in [0.15, 0.2) is 54.7 Å². The minimum Gasteiger partial charge on any atom is -0.294 e. The van der Waals surface area contributed by atoms with Gasteiger partial charge in [0.1, 0.15) is 0 Å². The number of rotatable bonds is 3. The lowest BCUT2D eigenvalue weighted by Crippen LogP contribution is -1.97. The first-order valence-electron chi connectivity index (χ1n) is 7.99. The molecule has 0 radical (unpaired) electrons. The van der Waals surface area contributed by atoms with Gasteiger partial charge in [0.25, 0.3) is 0 Å². The van der Waals surface area contributed by atoms with Crippen LogP contribution in [-0.4, -0.2) is 5.78 Å². The van der Waals surface area contributed by atoms with Gasteiger partial charge in [-0.3, -0.25) is 4.79 Å². The molecule has 1 atom stereocenters. The van der Waals surface area contributed by atoms with Crippen LogP contribution in [0, 0.1) is 12.8 Å². The molecule has 1 heteroatoms. The van der Waals surface area contributed by atoms with E-state index < -0.39 is 0 Å². The zero-order chi connectivity index (χ0) is 16.7. The van der Waals surface area contributed by atoms with Gasteiger partial charge in [-0.1, -0.05) is 69.4 Å². The number of hydrogen-bond donors (Lipinski definition) is 0. The van der Waals surface area contributed by atoms with E-state index in [9.17, 15) is 4.79 Å². The summed E-state index contributed by atoms with van der Waals surface area (Å²) in [5, 5.41) is 0. The van der Waals surface area contributed by atoms with Crippen LogP contribution in [-0.2, 0) is 0 Å². The molecular formula is C21H28O. The maximum Gasteiger partial charge on any atom is 0.164 e. The Morgan fingerprint density at radius 3 is 2.50 bits per heavy atom. The molecule has 0 heterocycles. The van der Waals surface area contributed by atoms with Gasteiger partial charge < -0.3 is 0 Å². The number of benzene rings is 1. The molecule has 118 valence electrons. The minimum absolute atomic E-state index is 0.183. The third kappa shape index (κ3) is 4.84. The van der Waals surface area contributed by atoms with Crippen molar-refractivity contribution in [2.45, 2.75) is 47.0 Å². The van der Waals surface area contributed by atoms with Crippen LogP contribution in [0.25, 0.3) is 0 Å². The molecule has 1 nitrogen and oxygen atoms in total.